The van der Waals surface area contributed by atoms with E-state index in [9.17, 15) is 9.18 Å². The van der Waals surface area contributed by atoms with Crippen LogP contribution in [0.5, 0.6) is 0 Å². The Bertz CT molecular complexity index is 1140. The zero-order chi connectivity index (χ0) is 20.2. The predicted molar refractivity (Wildman–Crippen MR) is 110 cm³/mol. The molecule has 0 atom stereocenters. The molecule has 0 fully saturated rings. The van der Waals surface area contributed by atoms with Gasteiger partial charge in [0.15, 0.2) is 0 Å². The minimum atomic E-state index is -0.289. The lowest BCUT2D eigenvalue weighted by Gasteiger charge is -2.06. The predicted octanol–water partition coefficient (Wildman–Crippen LogP) is 3.04. The molecule has 4 aromatic rings. The summed E-state index contributed by atoms with van der Waals surface area (Å²) in [6, 6.07) is 14.1. The van der Waals surface area contributed by atoms with Crippen molar-refractivity contribution in [3.8, 4) is 22.4 Å². The SMILES string of the molecule is CNCC(=O)NCc1ccc2c(-c3ccncc3)c(-c3ccc(F)cc3)nn2c1. The number of aromatic nitrogens is 3. The quantitative estimate of drug-likeness (QED) is 0.532. The average Bonchev–Trinajstić information content (AvgIpc) is 3.12. The molecule has 7 heteroatoms. The third kappa shape index (κ3) is 4.00. The number of carbonyl (C=O) groups is 1. The molecule has 0 radical (unpaired) electrons. The van der Waals surface area contributed by atoms with Gasteiger partial charge in [0.25, 0.3) is 0 Å². The van der Waals surface area contributed by atoms with Crippen molar-refractivity contribution in [2.75, 3.05) is 13.6 Å². The Morgan fingerprint density at radius 2 is 1.79 bits per heavy atom. The summed E-state index contributed by atoms with van der Waals surface area (Å²) in [5, 5.41) is 10.4. The van der Waals surface area contributed by atoms with E-state index in [1.807, 2.05) is 30.5 Å². The molecule has 2 N–H and O–H groups in total. The molecular weight excluding hydrogens is 369 g/mol. The molecule has 0 unspecified atom stereocenters. The van der Waals surface area contributed by atoms with Crippen LogP contribution in [0.25, 0.3) is 27.9 Å². The van der Waals surface area contributed by atoms with E-state index in [2.05, 4.69) is 15.6 Å². The van der Waals surface area contributed by atoms with Crippen molar-refractivity contribution in [1.29, 1.82) is 0 Å². The molecular formula is C22H20FN5O. The molecule has 1 amide bonds. The van der Waals surface area contributed by atoms with Gasteiger partial charge in [0, 0.05) is 36.3 Å². The number of halogens is 1. The van der Waals surface area contributed by atoms with E-state index in [0.717, 1.165) is 33.5 Å². The van der Waals surface area contributed by atoms with Gasteiger partial charge in [-0.05, 0) is 60.6 Å². The van der Waals surface area contributed by atoms with Crippen molar-refractivity contribution in [3.63, 3.8) is 0 Å². The number of amides is 1. The van der Waals surface area contributed by atoms with Crippen LogP contribution in [-0.4, -0.2) is 34.1 Å². The topological polar surface area (TPSA) is 71.3 Å². The number of carbonyl (C=O) groups excluding carboxylic acids is 1. The molecule has 0 aliphatic carbocycles. The van der Waals surface area contributed by atoms with Gasteiger partial charge in [0.2, 0.25) is 5.91 Å². The molecule has 0 saturated carbocycles. The second-order valence-corrected chi connectivity index (χ2v) is 6.64. The molecule has 0 bridgehead atoms. The number of nitrogens with zero attached hydrogens (tertiary/aromatic N) is 3. The molecule has 29 heavy (non-hydrogen) atoms. The highest BCUT2D eigenvalue weighted by Gasteiger charge is 2.17. The lowest BCUT2D eigenvalue weighted by atomic mass is 10.0. The fourth-order valence-corrected chi connectivity index (χ4v) is 3.23. The normalized spacial score (nSPS) is 11.0. The standard InChI is InChI=1S/C22H20FN5O/c1-24-13-20(29)26-12-15-2-7-19-21(16-8-10-25-11-9-16)22(27-28(19)14-15)17-3-5-18(23)6-4-17/h2-11,14,24H,12-13H2,1H3,(H,26,29). The van der Waals surface area contributed by atoms with E-state index in [4.69, 9.17) is 5.10 Å². The van der Waals surface area contributed by atoms with Gasteiger partial charge in [-0.3, -0.25) is 9.78 Å². The van der Waals surface area contributed by atoms with E-state index >= 15 is 0 Å². The molecule has 1 aromatic carbocycles. The van der Waals surface area contributed by atoms with Crippen LogP contribution in [0.2, 0.25) is 0 Å². The number of fused-ring (bicyclic) bond motifs is 1. The van der Waals surface area contributed by atoms with Gasteiger partial charge < -0.3 is 10.6 Å². The van der Waals surface area contributed by atoms with Gasteiger partial charge in [0.05, 0.1) is 12.1 Å². The summed E-state index contributed by atoms with van der Waals surface area (Å²) >= 11 is 0. The Kier molecular flexibility index (Phi) is 5.31. The summed E-state index contributed by atoms with van der Waals surface area (Å²) in [5.41, 5.74) is 5.35. The zero-order valence-corrected chi connectivity index (χ0v) is 15.9. The third-order valence-electron chi connectivity index (χ3n) is 4.60. The molecule has 6 nitrogen and oxygen atoms in total. The van der Waals surface area contributed by atoms with Crippen LogP contribution >= 0.6 is 0 Å². The Labute approximate surface area is 167 Å². The van der Waals surface area contributed by atoms with E-state index in [0.29, 0.717) is 6.54 Å². The lowest BCUT2D eigenvalue weighted by molar-refractivity contribution is -0.120. The van der Waals surface area contributed by atoms with Crippen molar-refractivity contribution < 1.29 is 9.18 Å². The first-order valence-corrected chi connectivity index (χ1v) is 9.24. The number of pyridine rings is 2. The van der Waals surface area contributed by atoms with Crippen LogP contribution in [-0.2, 0) is 11.3 Å². The van der Waals surface area contributed by atoms with Crippen LogP contribution in [0.3, 0.4) is 0 Å². The maximum Gasteiger partial charge on any atom is 0.234 e. The second-order valence-electron chi connectivity index (χ2n) is 6.64. The summed E-state index contributed by atoms with van der Waals surface area (Å²) in [6.45, 7) is 0.678. The van der Waals surface area contributed by atoms with Crippen molar-refractivity contribution in [2.24, 2.45) is 0 Å². The monoisotopic (exact) mass is 389 g/mol. The van der Waals surface area contributed by atoms with E-state index in [-0.39, 0.29) is 18.3 Å². The minimum absolute atomic E-state index is 0.0717. The Morgan fingerprint density at radius 1 is 1.03 bits per heavy atom. The highest BCUT2D eigenvalue weighted by Crippen LogP contribution is 2.35. The first-order valence-electron chi connectivity index (χ1n) is 9.24. The number of nitrogens with one attached hydrogen (secondary N) is 2. The summed E-state index contributed by atoms with van der Waals surface area (Å²) in [7, 11) is 1.73. The lowest BCUT2D eigenvalue weighted by Crippen LogP contribution is -2.31. The Hall–Kier alpha value is -3.58. The number of rotatable bonds is 6. The molecule has 3 aromatic heterocycles. The van der Waals surface area contributed by atoms with E-state index < -0.39 is 0 Å². The number of hydrogen-bond acceptors (Lipinski definition) is 4. The van der Waals surface area contributed by atoms with Crippen LogP contribution in [0.4, 0.5) is 4.39 Å². The van der Waals surface area contributed by atoms with Gasteiger partial charge in [-0.15, -0.1) is 0 Å². The molecule has 0 aliphatic rings. The molecule has 4 rings (SSSR count). The fourth-order valence-electron chi connectivity index (χ4n) is 3.23. The number of likely N-dealkylation sites (N-methyl/N-ethyl adjacent to an activating group) is 1. The van der Waals surface area contributed by atoms with Crippen molar-refractivity contribution >= 4 is 11.4 Å². The molecule has 3 heterocycles. The summed E-state index contributed by atoms with van der Waals surface area (Å²) < 4.78 is 15.2. The second kappa shape index (κ2) is 8.20. The molecule has 146 valence electrons. The van der Waals surface area contributed by atoms with Crippen LogP contribution in [0, 0.1) is 5.82 Å². The highest BCUT2D eigenvalue weighted by molar-refractivity contribution is 5.92. The first-order chi connectivity index (χ1) is 14.2. The minimum Gasteiger partial charge on any atom is -0.351 e. The Balaban J connectivity index is 1.78. The maximum atomic E-state index is 13.4. The van der Waals surface area contributed by atoms with E-state index in [1.165, 1.54) is 12.1 Å². The number of hydrogen-bond donors (Lipinski definition) is 2. The summed E-state index contributed by atoms with van der Waals surface area (Å²) in [5.74, 6) is -0.361. The number of benzene rings is 1. The van der Waals surface area contributed by atoms with Gasteiger partial charge >= 0.3 is 0 Å². The smallest absolute Gasteiger partial charge is 0.234 e. The molecule has 0 aliphatic heterocycles. The Morgan fingerprint density at radius 3 is 2.52 bits per heavy atom. The van der Waals surface area contributed by atoms with Crippen LogP contribution in [0.15, 0.2) is 67.1 Å². The van der Waals surface area contributed by atoms with Crippen molar-refractivity contribution in [2.45, 2.75) is 6.54 Å². The van der Waals surface area contributed by atoms with Crippen molar-refractivity contribution in [3.05, 3.63) is 78.5 Å². The van der Waals surface area contributed by atoms with Crippen LogP contribution in [0.1, 0.15) is 5.56 Å². The average molecular weight is 389 g/mol. The fraction of sp³-hybridized carbons (Fsp3) is 0.136. The van der Waals surface area contributed by atoms with Gasteiger partial charge in [0.1, 0.15) is 11.5 Å². The molecule has 0 saturated heterocycles. The van der Waals surface area contributed by atoms with Gasteiger partial charge in [-0.2, -0.15) is 5.10 Å². The van der Waals surface area contributed by atoms with Crippen LogP contribution < -0.4 is 10.6 Å². The zero-order valence-electron chi connectivity index (χ0n) is 15.9. The largest absolute Gasteiger partial charge is 0.351 e. The highest BCUT2D eigenvalue weighted by atomic mass is 19.1. The first kappa shape index (κ1) is 18.8. The van der Waals surface area contributed by atoms with Gasteiger partial charge in [-0.1, -0.05) is 6.07 Å². The summed E-state index contributed by atoms with van der Waals surface area (Å²) in [4.78, 5) is 15.8. The van der Waals surface area contributed by atoms with Gasteiger partial charge in [-0.25, -0.2) is 8.91 Å². The summed E-state index contributed by atoms with van der Waals surface area (Å²) in [6.07, 6.45) is 5.37. The molecule has 0 spiro atoms. The van der Waals surface area contributed by atoms with E-state index in [1.54, 1.807) is 36.1 Å². The van der Waals surface area contributed by atoms with Crippen molar-refractivity contribution in [1.82, 2.24) is 25.2 Å². The third-order valence-corrected chi connectivity index (χ3v) is 4.60. The maximum absolute atomic E-state index is 13.4.